The van der Waals surface area contributed by atoms with Gasteiger partial charge in [0.1, 0.15) is 11.0 Å². The van der Waals surface area contributed by atoms with E-state index in [-0.39, 0.29) is 11.7 Å². The van der Waals surface area contributed by atoms with E-state index in [1.807, 2.05) is 0 Å². The Morgan fingerprint density at radius 2 is 1.93 bits per heavy atom. The van der Waals surface area contributed by atoms with Crippen molar-refractivity contribution in [2.75, 3.05) is 5.32 Å². The fourth-order valence-electron chi connectivity index (χ4n) is 3.42. The van der Waals surface area contributed by atoms with E-state index in [0.29, 0.717) is 17.0 Å². The van der Waals surface area contributed by atoms with E-state index in [1.54, 1.807) is 49.6 Å². The molecule has 0 aliphatic heterocycles. The number of amides is 1. The molecule has 2 heterocycles. The van der Waals surface area contributed by atoms with E-state index in [9.17, 15) is 9.32 Å². The summed E-state index contributed by atoms with van der Waals surface area (Å²) in [5.41, 5.74) is 0.764. The molecule has 1 aromatic carbocycles. The minimum atomic E-state index is 0.118. The predicted molar refractivity (Wildman–Crippen MR) is 117 cm³/mol. The monoisotopic (exact) mass is 430 g/mol. The maximum absolute atomic E-state index is 12.2. The van der Waals surface area contributed by atoms with Crippen LogP contribution in [0.3, 0.4) is 0 Å². The number of nitrogens with one attached hydrogen (secondary N) is 2. The second-order valence-electron chi connectivity index (χ2n) is 7.15. The summed E-state index contributed by atoms with van der Waals surface area (Å²) < 4.78 is 12.2. The van der Waals surface area contributed by atoms with Crippen LogP contribution in [0.15, 0.2) is 48.8 Å². The summed E-state index contributed by atoms with van der Waals surface area (Å²) in [6.07, 6.45) is 9.52. The Morgan fingerprint density at radius 3 is 2.60 bits per heavy atom. The van der Waals surface area contributed by atoms with Crippen LogP contribution in [0.1, 0.15) is 39.0 Å². The third-order valence-electron chi connectivity index (χ3n) is 4.83. The van der Waals surface area contributed by atoms with Crippen LogP contribution < -0.4 is 15.6 Å². The summed E-state index contributed by atoms with van der Waals surface area (Å²) in [5, 5.41) is 8.18. The molecule has 0 atom stereocenters. The molecule has 1 aliphatic carbocycles. The Kier molecular flexibility index (Phi) is 7.79. The molecule has 1 amide bonds. The first-order valence-corrected chi connectivity index (χ1v) is 10.3. The van der Waals surface area contributed by atoms with Crippen LogP contribution in [0.5, 0.6) is 5.75 Å². The average molecular weight is 431 g/mol. The summed E-state index contributed by atoms with van der Waals surface area (Å²) in [5.74, 6) is 0.923. The van der Waals surface area contributed by atoms with Gasteiger partial charge in [-0.2, -0.15) is 0 Å². The number of fused-ring (bicyclic) bond motifs is 1. The fourth-order valence-corrected chi connectivity index (χ4v) is 3.54. The van der Waals surface area contributed by atoms with E-state index in [2.05, 4.69) is 25.5 Å². The molecule has 1 aliphatic rings. The predicted octanol–water partition coefficient (Wildman–Crippen LogP) is 5.75. The number of benzene rings is 1. The molecule has 0 bridgehead atoms. The van der Waals surface area contributed by atoms with Crippen LogP contribution in [0, 0.1) is 0 Å². The van der Waals surface area contributed by atoms with Gasteiger partial charge in [-0.25, -0.2) is 9.97 Å². The van der Waals surface area contributed by atoms with Crippen LogP contribution in [0.4, 0.5) is 16.0 Å². The highest BCUT2D eigenvalue weighted by molar-refractivity contribution is 6.29. The first kappa shape index (κ1) is 21.8. The zero-order valence-corrected chi connectivity index (χ0v) is 17.5. The second kappa shape index (κ2) is 10.7. The van der Waals surface area contributed by atoms with Gasteiger partial charge in [0.05, 0.1) is 11.9 Å². The molecule has 3 aromatic rings. The molecular formula is C22H24ClFN4O2. The molecule has 8 heteroatoms. The number of carbonyl (C=O) groups is 1. The smallest absolute Gasteiger partial charge is 0.217 e. The minimum Gasteiger partial charge on any atom is -0.354 e. The van der Waals surface area contributed by atoms with Gasteiger partial charge in [-0.1, -0.05) is 30.9 Å². The molecular weight excluding hydrogens is 407 g/mol. The summed E-state index contributed by atoms with van der Waals surface area (Å²) in [6.45, 7) is 1.59. The van der Waals surface area contributed by atoms with Crippen LogP contribution in [-0.2, 0) is 4.79 Å². The van der Waals surface area contributed by atoms with Crippen molar-refractivity contribution in [3.8, 4) is 5.75 Å². The van der Waals surface area contributed by atoms with Gasteiger partial charge in [0.15, 0.2) is 5.75 Å². The molecule has 2 N–H and O–H groups in total. The van der Waals surface area contributed by atoms with Gasteiger partial charge in [-0.15, -0.1) is 0 Å². The maximum atomic E-state index is 12.2. The number of nitrogens with zero attached hydrogens (tertiary/aromatic N) is 2. The molecule has 6 nitrogen and oxygen atoms in total. The molecule has 1 saturated carbocycles. The fraction of sp³-hybridized carbons (Fsp3) is 0.318. The number of rotatable bonds is 4. The van der Waals surface area contributed by atoms with Crippen molar-refractivity contribution in [2.45, 2.75) is 45.1 Å². The van der Waals surface area contributed by atoms with Gasteiger partial charge >= 0.3 is 0 Å². The molecule has 0 unspecified atom stereocenters. The molecule has 0 radical (unpaired) electrons. The molecule has 30 heavy (non-hydrogen) atoms. The van der Waals surface area contributed by atoms with E-state index >= 15 is 0 Å². The number of anilines is 2. The number of hydrogen-bond donors (Lipinski definition) is 2. The van der Waals surface area contributed by atoms with Crippen molar-refractivity contribution >= 4 is 39.8 Å². The SMILES string of the molecule is CC(=O)NC1CCCCC1.FOc1ccc2c(Nc3ccc(Cl)nc3)nccc2c1. The van der Waals surface area contributed by atoms with Crippen molar-refractivity contribution in [2.24, 2.45) is 0 Å². The number of hydrogen-bond acceptors (Lipinski definition) is 5. The average Bonchev–Trinajstić information content (AvgIpc) is 2.76. The molecule has 158 valence electrons. The Labute approximate surface area is 179 Å². The van der Waals surface area contributed by atoms with Crippen molar-refractivity contribution in [1.29, 1.82) is 0 Å². The van der Waals surface area contributed by atoms with Gasteiger partial charge < -0.3 is 10.6 Å². The Hall–Kier alpha value is -2.93. The maximum Gasteiger partial charge on any atom is 0.217 e. The number of pyridine rings is 2. The van der Waals surface area contributed by atoms with E-state index in [0.717, 1.165) is 16.5 Å². The third kappa shape index (κ3) is 6.29. The minimum absolute atomic E-state index is 0.118. The van der Waals surface area contributed by atoms with Crippen LogP contribution >= 0.6 is 11.6 Å². The van der Waals surface area contributed by atoms with Crippen molar-refractivity contribution in [3.05, 3.63) is 53.9 Å². The van der Waals surface area contributed by atoms with E-state index in [1.165, 1.54) is 38.2 Å². The summed E-state index contributed by atoms with van der Waals surface area (Å²) in [4.78, 5) is 22.6. The first-order valence-electron chi connectivity index (χ1n) is 9.88. The van der Waals surface area contributed by atoms with Gasteiger partial charge in [0.2, 0.25) is 5.91 Å². The zero-order chi connectivity index (χ0) is 21.3. The second-order valence-corrected chi connectivity index (χ2v) is 7.54. The number of halogens is 2. The van der Waals surface area contributed by atoms with Crippen molar-refractivity contribution in [1.82, 2.24) is 15.3 Å². The lowest BCUT2D eigenvalue weighted by Crippen LogP contribution is -2.34. The zero-order valence-electron chi connectivity index (χ0n) is 16.7. The summed E-state index contributed by atoms with van der Waals surface area (Å²) >= 11 is 5.74. The summed E-state index contributed by atoms with van der Waals surface area (Å²) in [7, 11) is 0. The highest BCUT2D eigenvalue weighted by Crippen LogP contribution is 2.27. The lowest BCUT2D eigenvalue weighted by molar-refractivity contribution is -0.119. The normalized spacial score (nSPS) is 13.8. The van der Waals surface area contributed by atoms with Crippen molar-refractivity contribution < 1.29 is 14.3 Å². The van der Waals surface area contributed by atoms with Crippen molar-refractivity contribution in [3.63, 3.8) is 0 Å². The van der Waals surface area contributed by atoms with E-state index < -0.39 is 0 Å². The molecule has 4 rings (SSSR count). The lowest BCUT2D eigenvalue weighted by atomic mass is 9.95. The van der Waals surface area contributed by atoms with Crippen LogP contribution in [0.25, 0.3) is 10.8 Å². The summed E-state index contributed by atoms with van der Waals surface area (Å²) in [6, 6.07) is 10.6. The van der Waals surface area contributed by atoms with Crippen LogP contribution in [-0.4, -0.2) is 21.9 Å². The topological polar surface area (TPSA) is 76.1 Å². The van der Waals surface area contributed by atoms with Gasteiger partial charge in [0, 0.05) is 29.1 Å². The molecule has 1 fully saturated rings. The Bertz CT molecular complexity index is 979. The highest BCUT2D eigenvalue weighted by Gasteiger charge is 2.12. The molecule has 2 aromatic heterocycles. The molecule has 0 spiro atoms. The number of carbonyl (C=O) groups excluding carboxylic acids is 1. The molecule has 0 saturated heterocycles. The quantitative estimate of drug-likeness (QED) is 0.516. The standard InChI is InChI=1S/C14H9ClFN3O.C8H15NO/c15-13-4-1-10(8-18-13)19-14-12-3-2-11(20-16)7-9(12)5-6-17-14;1-7(10)9-8-5-3-2-4-6-8/h1-8H,(H,17,19);8H,2-6H2,1H3,(H,9,10). The van der Waals surface area contributed by atoms with Crippen LogP contribution in [0.2, 0.25) is 5.15 Å². The third-order valence-corrected chi connectivity index (χ3v) is 5.05. The van der Waals surface area contributed by atoms with Gasteiger partial charge in [-0.3, -0.25) is 9.74 Å². The Morgan fingerprint density at radius 1 is 1.13 bits per heavy atom. The lowest BCUT2D eigenvalue weighted by Gasteiger charge is -2.21. The Balaban J connectivity index is 0.000000216. The highest BCUT2D eigenvalue weighted by atomic mass is 35.5. The van der Waals surface area contributed by atoms with Gasteiger partial charge in [-0.05, 0) is 54.6 Å². The number of aromatic nitrogens is 2. The largest absolute Gasteiger partial charge is 0.354 e. The van der Waals surface area contributed by atoms with E-state index in [4.69, 9.17) is 11.6 Å². The van der Waals surface area contributed by atoms with Gasteiger partial charge in [0.25, 0.3) is 0 Å². The first-order chi connectivity index (χ1) is 14.5.